The maximum absolute atomic E-state index is 3.20. The zero-order chi connectivity index (χ0) is 7.40. The van der Waals surface area contributed by atoms with Gasteiger partial charge in [0.05, 0.1) is 7.05 Å². The van der Waals surface area contributed by atoms with E-state index >= 15 is 0 Å². The Balaban J connectivity index is 0.000001000. The van der Waals surface area contributed by atoms with Crippen molar-refractivity contribution in [1.29, 1.82) is 0 Å². The van der Waals surface area contributed by atoms with Gasteiger partial charge in [-0.3, -0.25) is 0 Å². The summed E-state index contributed by atoms with van der Waals surface area (Å²) in [6.07, 6.45) is 7.73. The molecule has 1 heterocycles. The minimum absolute atomic E-state index is 0. The summed E-state index contributed by atoms with van der Waals surface area (Å²) in [5.41, 5.74) is 0. The molecule has 0 aromatic carbocycles. The van der Waals surface area contributed by atoms with Crippen LogP contribution in [0.25, 0.3) is 0 Å². The molecule has 0 aliphatic rings. The number of halogens is 1. The third-order valence-corrected chi connectivity index (χ3v) is 1.74. The van der Waals surface area contributed by atoms with E-state index in [9.17, 15) is 0 Å². The lowest BCUT2D eigenvalue weighted by Gasteiger charge is -1.91. The molecule has 64 valence electrons. The minimum atomic E-state index is 0. The Kier molecular flexibility index (Phi) is 4.50. The van der Waals surface area contributed by atoms with Gasteiger partial charge in [0.25, 0.3) is 5.82 Å². The molecule has 0 radical (unpaired) electrons. The fraction of sp³-hybridized carbons (Fsp3) is 0.625. The predicted molar refractivity (Wildman–Crippen MR) is 40.6 cm³/mol. The van der Waals surface area contributed by atoms with Gasteiger partial charge in [0.15, 0.2) is 0 Å². The molecule has 11 heavy (non-hydrogen) atoms. The first-order valence-electron chi connectivity index (χ1n) is 3.86. The molecular weight excluding hydrogens is 143 g/mol. The van der Waals surface area contributed by atoms with Crippen molar-refractivity contribution < 1.29 is 9.27 Å². The van der Waals surface area contributed by atoms with Crippen LogP contribution in [0, 0.1) is 0 Å². The van der Waals surface area contributed by atoms with Gasteiger partial charge in [-0.1, -0.05) is 13.3 Å². The van der Waals surface area contributed by atoms with Crippen molar-refractivity contribution in [2.45, 2.75) is 26.2 Å². The monoisotopic (exact) mass is 158 g/mol. The highest BCUT2D eigenvalue weighted by Gasteiger charge is 2.03. The number of hydrogen-bond donors (Lipinski definition) is 1. The van der Waals surface area contributed by atoms with E-state index in [2.05, 4.69) is 23.5 Å². The van der Waals surface area contributed by atoms with Crippen LogP contribution in [0.2, 0.25) is 0 Å². The summed E-state index contributed by atoms with van der Waals surface area (Å²) < 4.78 is 2.13. The quantitative estimate of drug-likeness (QED) is 0.500. The third kappa shape index (κ3) is 2.70. The van der Waals surface area contributed by atoms with Gasteiger partial charge in [0, 0.05) is 6.42 Å². The van der Waals surface area contributed by atoms with Crippen LogP contribution in [0.1, 0.15) is 25.6 Å². The fourth-order valence-electron chi connectivity index (χ4n) is 1.03. The summed E-state index contributed by atoms with van der Waals surface area (Å²) in [5, 5.41) is 0. The topological polar surface area (TPSA) is 19.7 Å². The number of nitrogens with zero attached hydrogens (tertiary/aromatic N) is 1. The normalized spacial score (nSPS) is 9.27. The third-order valence-electron chi connectivity index (χ3n) is 1.74. The smallest absolute Gasteiger partial charge is 0.253 e. The highest BCUT2D eigenvalue weighted by molar-refractivity contribution is 4.76. The first-order valence-corrected chi connectivity index (χ1v) is 3.86. The number of unbranched alkanes of at least 4 members (excludes halogenated alkanes) is 1. The lowest BCUT2D eigenvalue weighted by atomic mass is 10.2. The average Bonchev–Trinajstić information content (AvgIpc) is 2.31. The molecule has 0 saturated carbocycles. The van der Waals surface area contributed by atoms with E-state index in [1.807, 2.05) is 12.4 Å². The molecule has 0 fully saturated rings. The summed E-state index contributed by atoms with van der Waals surface area (Å²) in [4.78, 5) is 3.20. The first-order chi connectivity index (χ1) is 4.84. The summed E-state index contributed by atoms with van der Waals surface area (Å²) in [5.74, 6) is 1.32. The summed E-state index contributed by atoms with van der Waals surface area (Å²) in [7, 11) is 2.07. The van der Waals surface area contributed by atoms with Crippen molar-refractivity contribution in [2.24, 2.45) is 7.05 Å². The van der Waals surface area contributed by atoms with E-state index in [1.54, 1.807) is 0 Å². The summed E-state index contributed by atoms with van der Waals surface area (Å²) in [6.45, 7) is 2.21. The van der Waals surface area contributed by atoms with Crippen LogP contribution in [-0.2, 0) is 13.5 Å². The summed E-state index contributed by atoms with van der Waals surface area (Å²) >= 11 is 0. The second kappa shape index (κ2) is 4.88. The Morgan fingerprint density at radius 3 is 2.73 bits per heavy atom. The largest absolute Gasteiger partial charge is 1.00 e. The van der Waals surface area contributed by atoms with E-state index < -0.39 is 0 Å². The number of imidazole rings is 1. The number of hydrogen-bond acceptors (Lipinski definition) is 0. The van der Waals surface area contributed by atoms with Crippen LogP contribution in [0.4, 0.5) is 0 Å². The van der Waals surface area contributed by atoms with E-state index in [0.717, 1.165) is 0 Å². The maximum Gasteiger partial charge on any atom is 0.253 e. The highest BCUT2D eigenvalue weighted by Crippen LogP contribution is 1.94. The predicted octanol–water partition coefficient (Wildman–Crippen LogP) is -1.81. The number of aromatic nitrogens is 2. The lowest BCUT2D eigenvalue weighted by Crippen LogP contribution is -3.00. The molecule has 0 unspecified atom stereocenters. The summed E-state index contributed by atoms with van der Waals surface area (Å²) in [6, 6.07) is 0. The Morgan fingerprint density at radius 2 is 2.27 bits per heavy atom. The SMILES string of the molecule is CCCCc1[nH]cc[n+]1C.[F-]. The van der Waals surface area contributed by atoms with Gasteiger partial charge < -0.3 is 4.70 Å². The van der Waals surface area contributed by atoms with Gasteiger partial charge in [-0.2, -0.15) is 0 Å². The molecule has 0 aliphatic heterocycles. The molecular formula is C8H15FN2. The molecule has 2 nitrogen and oxygen atoms in total. The van der Waals surface area contributed by atoms with Gasteiger partial charge in [0.1, 0.15) is 12.4 Å². The van der Waals surface area contributed by atoms with Crippen molar-refractivity contribution in [3.63, 3.8) is 0 Å². The van der Waals surface area contributed by atoms with Crippen molar-refractivity contribution in [3.05, 3.63) is 18.2 Å². The number of H-pyrrole nitrogens is 1. The van der Waals surface area contributed by atoms with Crippen molar-refractivity contribution in [2.75, 3.05) is 0 Å². The van der Waals surface area contributed by atoms with Gasteiger partial charge in [0.2, 0.25) is 0 Å². The molecule has 1 aromatic rings. The Hall–Kier alpha value is -0.860. The lowest BCUT2D eigenvalue weighted by molar-refractivity contribution is -0.677. The molecule has 0 saturated heterocycles. The molecule has 0 bridgehead atoms. The van der Waals surface area contributed by atoms with Crippen LogP contribution < -0.4 is 9.27 Å². The Labute approximate surface area is 66.6 Å². The standard InChI is InChI=1S/C8H14N2.FH/c1-3-4-5-8-9-6-7-10(8)2;/h6-7H,3-5H2,1-2H3;1H. The van der Waals surface area contributed by atoms with Crippen LogP contribution >= 0.6 is 0 Å². The minimum Gasteiger partial charge on any atom is -1.00 e. The molecule has 0 spiro atoms. The Morgan fingerprint density at radius 1 is 1.55 bits per heavy atom. The number of aromatic amines is 1. The molecule has 3 heteroatoms. The highest BCUT2D eigenvalue weighted by atomic mass is 19.0. The van der Waals surface area contributed by atoms with Crippen molar-refractivity contribution >= 4 is 0 Å². The van der Waals surface area contributed by atoms with Crippen LogP contribution in [0.15, 0.2) is 12.4 Å². The molecule has 1 aromatic heterocycles. The molecule has 1 N–H and O–H groups in total. The number of aryl methyl sites for hydroxylation is 2. The molecule has 0 amide bonds. The molecule has 1 rings (SSSR count). The number of nitrogens with one attached hydrogen (secondary N) is 1. The van der Waals surface area contributed by atoms with Crippen molar-refractivity contribution in [3.8, 4) is 0 Å². The molecule has 0 atom stereocenters. The van der Waals surface area contributed by atoms with Crippen LogP contribution in [0.3, 0.4) is 0 Å². The molecule has 0 aliphatic carbocycles. The van der Waals surface area contributed by atoms with Crippen LogP contribution in [-0.4, -0.2) is 4.98 Å². The second-order valence-electron chi connectivity index (χ2n) is 2.62. The van der Waals surface area contributed by atoms with Gasteiger partial charge >= 0.3 is 0 Å². The first kappa shape index (κ1) is 10.1. The second-order valence-corrected chi connectivity index (χ2v) is 2.62. The maximum atomic E-state index is 3.20. The Bertz CT molecular complexity index is 196. The fourth-order valence-corrected chi connectivity index (χ4v) is 1.03. The number of rotatable bonds is 3. The van der Waals surface area contributed by atoms with E-state index in [0.29, 0.717) is 0 Å². The van der Waals surface area contributed by atoms with Gasteiger partial charge in [-0.25, -0.2) is 9.55 Å². The van der Waals surface area contributed by atoms with Crippen LogP contribution in [0.5, 0.6) is 0 Å². The zero-order valence-electron chi connectivity index (χ0n) is 7.10. The van der Waals surface area contributed by atoms with Gasteiger partial charge in [-0.05, 0) is 6.42 Å². The zero-order valence-corrected chi connectivity index (χ0v) is 7.10. The van der Waals surface area contributed by atoms with Crippen molar-refractivity contribution in [1.82, 2.24) is 4.98 Å². The van der Waals surface area contributed by atoms with E-state index in [-0.39, 0.29) is 4.70 Å². The van der Waals surface area contributed by atoms with E-state index in [4.69, 9.17) is 0 Å². The van der Waals surface area contributed by atoms with E-state index in [1.165, 1.54) is 25.1 Å². The average molecular weight is 158 g/mol. The van der Waals surface area contributed by atoms with Gasteiger partial charge in [-0.15, -0.1) is 0 Å².